The Bertz CT molecular complexity index is 867. The predicted octanol–water partition coefficient (Wildman–Crippen LogP) is 9.67. The molecular formula is C36H58O8. The number of rotatable bonds is 29. The predicted molar refractivity (Wildman–Crippen MR) is 178 cm³/mol. The molecule has 0 atom stereocenters. The molecule has 0 radical (unpaired) electrons. The summed E-state index contributed by atoms with van der Waals surface area (Å²) in [5, 5.41) is 33.9. The zero-order valence-electron chi connectivity index (χ0n) is 26.8. The number of carbonyl (C=O) groups is 4. The number of carboxylic acid groups (broad SMARTS) is 4. The molecule has 0 heterocycles. The zero-order valence-corrected chi connectivity index (χ0v) is 26.8. The van der Waals surface area contributed by atoms with Crippen LogP contribution in [0.3, 0.4) is 0 Å². The second kappa shape index (κ2) is 35.8. The van der Waals surface area contributed by atoms with E-state index in [4.69, 9.17) is 20.4 Å². The summed E-state index contributed by atoms with van der Waals surface area (Å²) in [5.41, 5.74) is 0. The Kier molecular flexibility index (Phi) is 34.7. The van der Waals surface area contributed by atoms with Crippen LogP contribution in [0.2, 0.25) is 0 Å². The molecule has 0 aromatic carbocycles. The van der Waals surface area contributed by atoms with E-state index in [0.717, 1.165) is 103 Å². The van der Waals surface area contributed by atoms with Gasteiger partial charge in [-0.25, -0.2) is 0 Å². The Morgan fingerprint density at radius 2 is 0.591 bits per heavy atom. The van der Waals surface area contributed by atoms with E-state index in [9.17, 15) is 19.2 Å². The lowest BCUT2D eigenvalue weighted by molar-refractivity contribution is -0.138. The zero-order chi connectivity index (χ0) is 32.9. The van der Waals surface area contributed by atoms with Gasteiger partial charge in [0.05, 0.1) is 6.42 Å². The molecule has 0 bridgehead atoms. The van der Waals surface area contributed by atoms with Gasteiger partial charge in [0.2, 0.25) is 0 Å². The first-order valence-electron chi connectivity index (χ1n) is 16.4. The molecule has 0 aromatic heterocycles. The summed E-state index contributed by atoms with van der Waals surface area (Å²) in [6.45, 7) is 0. The third-order valence-corrected chi connectivity index (χ3v) is 6.48. The van der Waals surface area contributed by atoms with Gasteiger partial charge in [-0.15, -0.1) is 0 Å². The molecule has 0 aromatic rings. The SMILES string of the molecule is O=C(O)CC=CCC=CCC=CCCCCCCCC(=O)O.O=C(O)CCCCC=CCC=CCCCCCCCC(=O)O. The number of hydrogen-bond acceptors (Lipinski definition) is 4. The summed E-state index contributed by atoms with van der Waals surface area (Å²) in [4.78, 5) is 41.2. The minimum atomic E-state index is -0.801. The second-order valence-corrected chi connectivity index (χ2v) is 10.7. The van der Waals surface area contributed by atoms with Crippen molar-refractivity contribution in [2.45, 2.75) is 141 Å². The third kappa shape index (κ3) is 45.6. The summed E-state index contributed by atoms with van der Waals surface area (Å²) in [5.74, 6) is -2.91. The van der Waals surface area contributed by atoms with Crippen LogP contribution < -0.4 is 0 Å². The van der Waals surface area contributed by atoms with Crippen LogP contribution in [0.15, 0.2) is 60.8 Å². The maximum atomic E-state index is 10.3. The Balaban J connectivity index is 0. The van der Waals surface area contributed by atoms with E-state index in [-0.39, 0.29) is 19.3 Å². The van der Waals surface area contributed by atoms with Gasteiger partial charge in [-0.1, -0.05) is 99.3 Å². The maximum Gasteiger partial charge on any atom is 0.307 e. The van der Waals surface area contributed by atoms with Gasteiger partial charge in [-0.2, -0.15) is 0 Å². The molecule has 0 saturated carbocycles. The van der Waals surface area contributed by atoms with Crippen molar-refractivity contribution in [2.75, 3.05) is 0 Å². The number of carboxylic acids is 4. The fourth-order valence-electron chi connectivity index (χ4n) is 4.03. The van der Waals surface area contributed by atoms with Crippen LogP contribution in [0.1, 0.15) is 141 Å². The number of hydrogen-bond donors (Lipinski definition) is 4. The average molecular weight is 619 g/mol. The van der Waals surface area contributed by atoms with Crippen molar-refractivity contribution in [1.29, 1.82) is 0 Å². The van der Waals surface area contributed by atoms with E-state index in [1.165, 1.54) is 12.8 Å². The molecule has 44 heavy (non-hydrogen) atoms. The molecule has 0 saturated heterocycles. The Morgan fingerprint density at radius 1 is 0.318 bits per heavy atom. The largest absolute Gasteiger partial charge is 0.481 e. The van der Waals surface area contributed by atoms with Gasteiger partial charge in [0.1, 0.15) is 0 Å². The van der Waals surface area contributed by atoms with Gasteiger partial charge in [0, 0.05) is 19.3 Å². The van der Waals surface area contributed by atoms with E-state index in [0.29, 0.717) is 6.42 Å². The Labute approximate surface area is 265 Å². The van der Waals surface area contributed by atoms with Gasteiger partial charge < -0.3 is 20.4 Å². The average Bonchev–Trinajstić information content (AvgIpc) is 2.96. The molecule has 0 aliphatic rings. The van der Waals surface area contributed by atoms with Gasteiger partial charge in [0.15, 0.2) is 0 Å². The summed E-state index contributed by atoms with van der Waals surface area (Å²) < 4.78 is 0. The van der Waals surface area contributed by atoms with Gasteiger partial charge in [-0.3, -0.25) is 19.2 Å². The summed E-state index contributed by atoms with van der Waals surface area (Å²) in [6.07, 6.45) is 39.4. The standard InChI is InChI=1S/C18H30O4.C18H28O4/c2*19-17(20)15-13-11-9-7-5-3-1-2-4-6-8-10-12-14-16-18(21)22/h1-2,5,7H,3-4,6,8-16H2,(H,19,20)(H,21,22);1-2,5,7,11,13H,3-4,6,8-10,12,14-16H2,(H,19,20)(H,21,22). The van der Waals surface area contributed by atoms with Crippen LogP contribution >= 0.6 is 0 Å². The quantitative estimate of drug-likeness (QED) is 0.0478. The van der Waals surface area contributed by atoms with Crippen molar-refractivity contribution in [2.24, 2.45) is 0 Å². The lowest BCUT2D eigenvalue weighted by atomic mass is 10.1. The highest BCUT2D eigenvalue weighted by Gasteiger charge is 1.97. The van der Waals surface area contributed by atoms with Crippen molar-refractivity contribution >= 4 is 23.9 Å². The van der Waals surface area contributed by atoms with Crippen molar-refractivity contribution in [3.05, 3.63) is 60.8 Å². The monoisotopic (exact) mass is 618 g/mol. The number of allylic oxidation sites excluding steroid dienone is 9. The molecule has 0 aliphatic carbocycles. The third-order valence-electron chi connectivity index (χ3n) is 6.48. The van der Waals surface area contributed by atoms with Crippen molar-refractivity contribution in [3.8, 4) is 0 Å². The van der Waals surface area contributed by atoms with E-state index in [1.54, 1.807) is 6.08 Å². The van der Waals surface area contributed by atoms with E-state index in [1.807, 2.05) is 12.2 Å². The van der Waals surface area contributed by atoms with Crippen molar-refractivity contribution < 1.29 is 39.6 Å². The first-order chi connectivity index (χ1) is 21.3. The Morgan fingerprint density at radius 3 is 0.955 bits per heavy atom. The fraction of sp³-hybridized carbons (Fsp3) is 0.611. The van der Waals surface area contributed by atoms with E-state index < -0.39 is 23.9 Å². The lowest BCUT2D eigenvalue weighted by Gasteiger charge is -1.98. The molecule has 250 valence electrons. The minimum Gasteiger partial charge on any atom is -0.481 e. The number of unbranched alkanes of at least 4 members (excludes halogenated alkanes) is 12. The second-order valence-electron chi connectivity index (χ2n) is 10.7. The van der Waals surface area contributed by atoms with Crippen LogP contribution in [0, 0.1) is 0 Å². The molecule has 0 amide bonds. The van der Waals surface area contributed by atoms with Crippen LogP contribution in [0.4, 0.5) is 0 Å². The highest BCUT2D eigenvalue weighted by molar-refractivity contribution is 5.68. The smallest absolute Gasteiger partial charge is 0.307 e. The molecule has 0 aliphatic heterocycles. The first-order valence-corrected chi connectivity index (χ1v) is 16.4. The van der Waals surface area contributed by atoms with Gasteiger partial charge >= 0.3 is 23.9 Å². The van der Waals surface area contributed by atoms with Gasteiger partial charge in [0.25, 0.3) is 0 Å². The molecule has 0 rings (SSSR count). The minimum absolute atomic E-state index is 0.0874. The van der Waals surface area contributed by atoms with Gasteiger partial charge in [-0.05, 0) is 77.0 Å². The van der Waals surface area contributed by atoms with E-state index >= 15 is 0 Å². The number of aliphatic carboxylic acids is 4. The lowest BCUT2D eigenvalue weighted by Crippen LogP contribution is -1.93. The molecule has 8 nitrogen and oxygen atoms in total. The fourth-order valence-corrected chi connectivity index (χ4v) is 4.03. The molecular weight excluding hydrogens is 560 g/mol. The normalized spacial score (nSPS) is 11.6. The van der Waals surface area contributed by atoms with Crippen LogP contribution in [0.5, 0.6) is 0 Å². The Hall–Kier alpha value is -3.42. The van der Waals surface area contributed by atoms with Crippen LogP contribution in [-0.4, -0.2) is 44.3 Å². The maximum absolute atomic E-state index is 10.3. The summed E-state index contributed by atoms with van der Waals surface area (Å²) >= 11 is 0. The molecule has 4 N–H and O–H groups in total. The summed E-state index contributed by atoms with van der Waals surface area (Å²) in [6, 6.07) is 0. The van der Waals surface area contributed by atoms with Crippen LogP contribution in [-0.2, 0) is 19.2 Å². The highest BCUT2D eigenvalue weighted by atomic mass is 16.4. The first kappa shape index (κ1) is 42.7. The van der Waals surface area contributed by atoms with Crippen molar-refractivity contribution in [1.82, 2.24) is 0 Å². The van der Waals surface area contributed by atoms with E-state index in [2.05, 4.69) is 42.5 Å². The van der Waals surface area contributed by atoms with Crippen LogP contribution in [0.25, 0.3) is 0 Å². The topological polar surface area (TPSA) is 149 Å². The molecule has 0 unspecified atom stereocenters. The molecule has 0 spiro atoms. The summed E-state index contributed by atoms with van der Waals surface area (Å²) in [7, 11) is 0. The molecule has 0 fully saturated rings. The van der Waals surface area contributed by atoms with Crippen molar-refractivity contribution in [3.63, 3.8) is 0 Å². The highest BCUT2D eigenvalue weighted by Crippen LogP contribution is 2.09. The molecule has 8 heteroatoms.